The van der Waals surface area contributed by atoms with Crippen molar-refractivity contribution in [3.05, 3.63) is 36.1 Å². The summed E-state index contributed by atoms with van der Waals surface area (Å²) in [4.78, 5) is 4.11. The highest BCUT2D eigenvalue weighted by Crippen LogP contribution is 2.05. The normalized spacial score (nSPS) is 13.2. The summed E-state index contributed by atoms with van der Waals surface area (Å²) in [6.45, 7) is 9.73. The van der Waals surface area contributed by atoms with Gasteiger partial charge < -0.3 is 0 Å². The van der Waals surface area contributed by atoms with Gasteiger partial charge in [-0.25, -0.2) is 0 Å². The van der Waals surface area contributed by atoms with Gasteiger partial charge in [-0.2, -0.15) is 0 Å². The van der Waals surface area contributed by atoms with Gasteiger partial charge in [0.1, 0.15) is 0 Å². The monoisotopic (exact) mass is 149 g/mol. The number of allylic oxidation sites excluding steroid dienone is 4. The minimum absolute atomic E-state index is 0.825. The predicted octanol–water partition coefficient (Wildman–Crippen LogP) is 3.11. The van der Waals surface area contributed by atoms with Crippen molar-refractivity contribution in [3.63, 3.8) is 0 Å². The standard InChI is InChI=1S/C10H15N/c1-5-7-8-11-10(4)9(3)6-2/h5-8H,4H2,1-3H3/b7-5-,9-6+,11-8?. The maximum atomic E-state index is 4.11. The van der Waals surface area contributed by atoms with Gasteiger partial charge in [-0.15, -0.1) is 0 Å². The third-order valence-corrected chi connectivity index (χ3v) is 1.40. The number of rotatable bonds is 3. The summed E-state index contributed by atoms with van der Waals surface area (Å²) in [5.74, 6) is 0. The van der Waals surface area contributed by atoms with Crippen LogP contribution in [0.4, 0.5) is 0 Å². The van der Waals surface area contributed by atoms with E-state index >= 15 is 0 Å². The molecule has 0 radical (unpaired) electrons. The molecule has 0 amide bonds. The largest absolute Gasteiger partial charge is 0.257 e. The second-order valence-corrected chi connectivity index (χ2v) is 2.22. The Kier molecular flexibility index (Phi) is 5.09. The molecule has 1 heteroatoms. The van der Waals surface area contributed by atoms with Crippen LogP contribution in [0.2, 0.25) is 0 Å². The zero-order valence-corrected chi connectivity index (χ0v) is 7.46. The molecule has 0 heterocycles. The van der Waals surface area contributed by atoms with Gasteiger partial charge in [0.25, 0.3) is 0 Å². The van der Waals surface area contributed by atoms with Gasteiger partial charge in [0.2, 0.25) is 0 Å². The molecule has 0 aliphatic carbocycles. The topological polar surface area (TPSA) is 12.4 Å². The molecule has 0 aromatic rings. The van der Waals surface area contributed by atoms with E-state index in [0.717, 1.165) is 11.3 Å². The summed E-state index contributed by atoms with van der Waals surface area (Å²) in [5.41, 5.74) is 1.94. The van der Waals surface area contributed by atoms with E-state index < -0.39 is 0 Å². The van der Waals surface area contributed by atoms with E-state index in [-0.39, 0.29) is 0 Å². The lowest BCUT2D eigenvalue weighted by atomic mass is 10.2. The predicted molar refractivity (Wildman–Crippen MR) is 51.9 cm³/mol. The van der Waals surface area contributed by atoms with Gasteiger partial charge in [0, 0.05) is 6.21 Å². The van der Waals surface area contributed by atoms with Gasteiger partial charge in [0.15, 0.2) is 0 Å². The third-order valence-electron chi connectivity index (χ3n) is 1.40. The molecule has 0 aliphatic heterocycles. The Bertz CT molecular complexity index is 207. The quantitative estimate of drug-likeness (QED) is 0.432. The van der Waals surface area contributed by atoms with Crippen LogP contribution in [0.25, 0.3) is 0 Å². The Labute approximate surface area is 68.9 Å². The van der Waals surface area contributed by atoms with Crippen LogP contribution in [-0.2, 0) is 0 Å². The zero-order chi connectivity index (χ0) is 8.69. The van der Waals surface area contributed by atoms with Crippen molar-refractivity contribution in [1.82, 2.24) is 0 Å². The first-order chi connectivity index (χ1) is 5.22. The lowest BCUT2D eigenvalue weighted by Crippen LogP contribution is -1.77. The fourth-order valence-corrected chi connectivity index (χ4v) is 0.488. The molecular weight excluding hydrogens is 134 g/mol. The molecule has 0 saturated heterocycles. The summed E-state index contributed by atoms with van der Waals surface area (Å²) >= 11 is 0. The smallest absolute Gasteiger partial charge is 0.0583 e. The fourth-order valence-electron chi connectivity index (χ4n) is 0.488. The molecule has 0 aromatic carbocycles. The highest BCUT2D eigenvalue weighted by atomic mass is 14.7. The highest BCUT2D eigenvalue weighted by molar-refractivity contribution is 5.72. The minimum atomic E-state index is 0.825. The summed E-state index contributed by atoms with van der Waals surface area (Å²) in [6.07, 6.45) is 7.56. The number of hydrogen-bond donors (Lipinski definition) is 0. The molecule has 1 nitrogen and oxygen atoms in total. The van der Waals surface area contributed by atoms with E-state index in [1.54, 1.807) is 6.21 Å². The average Bonchev–Trinajstić information content (AvgIpc) is 2.03. The Morgan fingerprint density at radius 3 is 2.45 bits per heavy atom. The average molecular weight is 149 g/mol. The van der Waals surface area contributed by atoms with Crippen LogP contribution in [0, 0.1) is 0 Å². The molecule has 0 atom stereocenters. The van der Waals surface area contributed by atoms with Crippen molar-refractivity contribution >= 4 is 6.21 Å². The van der Waals surface area contributed by atoms with Gasteiger partial charge >= 0.3 is 0 Å². The van der Waals surface area contributed by atoms with Crippen molar-refractivity contribution in [2.24, 2.45) is 4.99 Å². The van der Waals surface area contributed by atoms with Crippen molar-refractivity contribution in [2.75, 3.05) is 0 Å². The molecule has 0 fully saturated rings. The highest BCUT2D eigenvalue weighted by Gasteiger charge is 1.88. The lowest BCUT2D eigenvalue weighted by Gasteiger charge is -1.95. The van der Waals surface area contributed by atoms with E-state index in [4.69, 9.17) is 0 Å². The van der Waals surface area contributed by atoms with Crippen molar-refractivity contribution in [1.29, 1.82) is 0 Å². The molecule has 0 aliphatic rings. The summed E-state index contributed by atoms with van der Waals surface area (Å²) < 4.78 is 0. The van der Waals surface area contributed by atoms with Gasteiger partial charge in [-0.1, -0.05) is 18.7 Å². The third kappa shape index (κ3) is 4.31. The van der Waals surface area contributed by atoms with Crippen LogP contribution in [0.15, 0.2) is 41.1 Å². The van der Waals surface area contributed by atoms with Crippen LogP contribution >= 0.6 is 0 Å². The van der Waals surface area contributed by atoms with Gasteiger partial charge in [-0.3, -0.25) is 4.99 Å². The second kappa shape index (κ2) is 5.66. The van der Waals surface area contributed by atoms with Gasteiger partial charge in [0.05, 0.1) is 5.70 Å². The first kappa shape index (κ1) is 9.89. The SMILES string of the molecule is C=C(N=C/C=C\C)/C(C)=C/C. The molecule has 11 heavy (non-hydrogen) atoms. The first-order valence-electron chi connectivity index (χ1n) is 3.70. The minimum Gasteiger partial charge on any atom is -0.257 e. The van der Waals surface area contributed by atoms with E-state index in [1.165, 1.54) is 0 Å². The van der Waals surface area contributed by atoms with Crippen molar-refractivity contribution < 1.29 is 0 Å². The molecule has 0 rings (SSSR count). The maximum absolute atomic E-state index is 4.11. The van der Waals surface area contributed by atoms with E-state index in [2.05, 4.69) is 11.6 Å². The van der Waals surface area contributed by atoms with Crippen LogP contribution in [-0.4, -0.2) is 6.21 Å². The molecular formula is C10H15N. The molecule has 0 unspecified atom stereocenters. The lowest BCUT2D eigenvalue weighted by molar-refractivity contribution is 1.30. The van der Waals surface area contributed by atoms with E-state index in [0.29, 0.717) is 0 Å². The molecule has 0 saturated carbocycles. The summed E-state index contributed by atoms with van der Waals surface area (Å²) in [5, 5.41) is 0. The van der Waals surface area contributed by atoms with Crippen molar-refractivity contribution in [2.45, 2.75) is 20.8 Å². The Hall–Kier alpha value is -1.11. The number of aliphatic imine (C=N–C) groups is 1. The van der Waals surface area contributed by atoms with Gasteiger partial charge in [-0.05, 0) is 32.4 Å². The summed E-state index contributed by atoms with van der Waals surface area (Å²) in [7, 11) is 0. The Morgan fingerprint density at radius 1 is 1.36 bits per heavy atom. The van der Waals surface area contributed by atoms with E-state index in [1.807, 2.05) is 39.0 Å². The van der Waals surface area contributed by atoms with Crippen LogP contribution in [0.3, 0.4) is 0 Å². The maximum Gasteiger partial charge on any atom is 0.0583 e. The first-order valence-corrected chi connectivity index (χ1v) is 3.70. The zero-order valence-electron chi connectivity index (χ0n) is 7.46. The molecule has 0 N–H and O–H groups in total. The number of nitrogens with zero attached hydrogens (tertiary/aromatic N) is 1. The second-order valence-electron chi connectivity index (χ2n) is 2.22. The molecule has 0 spiro atoms. The van der Waals surface area contributed by atoms with Crippen LogP contribution < -0.4 is 0 Å². The van der Waals surface area contributed by atoms with Crippen LogP contribution in [0.5, 0.6) is 0 Å². The van der Waals surface area contributed by atoms with Crippen molar-refractivity contribution in [3.8, 4) is 0 Å². The Balaban J connectivity index is 4.08. The number of hydrogen-bond acceptors (Lipinski definition) is 1. The molecule has 0 aromatic heterocycles. The van der Waals surface area contributed by atoms with E-state index in [9.17, 15) is 0 Å². The summed E-state index contributed by atoms with van der Waals surface area (Å²) in [6, 6.07) is 0. The fraction of sp³-hybridized carbons (Fsp3) is 0.300. The Morgan fingerprint density at radius 2 is 2.00 bits per heavy atom. The van der Waals surface area contributed by atoms with Crippen LogP contribution in [0.1, 0.15) is 20.8 Å². The molecule has 0 bridgehead atoms. The molecule has 60 valence electrons.